The summed E-state index contributed by atoms with van der Waals surface area (Å²) in [7, 11) is 0. The lowest BCUT2D eigenvalue weighted by Crippen LogP contribution is -2.08. The smallest absolute Gasteiger partial charge is 0.134 e. The van der Waals surface area contributed by atoms with Crippen LogP contribution in [0.2, 0.25) is 0 Å². The molecule has 2 rings (SSSR count). The maximum absolute atomic E-state index is 9.09. The summed E-state index contributed by atoms with van der Waals surface area (Å²) in [6, 6.07) is 10.3. The van der Waals surface area contributed by atoms with Gasteiger partial charge in [-0.15, -0.1) is 0 Å². The number of hydrogen-bond donors (Lipinski definition) is 0. The largest absolute Gasteiger partial charge is 0.464 e. The number of para-hydroxylation sites is 1. The van der Waals surface area contributed by atoms with E-state index in [2.05, 4.69) is 19.9 Å². The van der Waals surface area contributed by atoms with Gasteiger partial charge in [0.2, 0.25) is 0 Å². The van der Waals surface area contributed by atoms with Crippen molar-refractivity contribution in [2.45, 2.75) is 20.3 Å². The molecule has 0 saturated carbocycles. The number of nitrogens with zero attached hydrogens (tertiary/aromatic N) is 1. The van der Waals surface area contributed by atoms with Crippen LogP contribution in [0, 0.1) is 23.2 Å². The Morgan fingerprint density at radius 1 is 1.31 bits per heavy atom. The van der Waals surface area contributed by atoms with Crippen molar-refractivity contribution in [3.8, 4) is 6.07 Å². The van der Waals surface area contributed by atoms with E-state index in [1.165, 1.54) is 0 Å². The van der Waals surface area contributed by atoms with Gasteiger partial charge >= 0.3 is 0 Å². The second kappa shape index (κ2) is 4.40. The van der Waals surface area contributed by atoms with Crippen molar-refractivity contribution >= 4 is 11.0 Å². The molecule has 2 aromatic rings. The maximum atomic E-state index is 9.09. The van der Waals surface area contributed by atoms with Crippen LogP contribution in [-0.2, 0) is 6.42 Å². The molecule has 1 unspecified atom stereocenters. The van der Waals surface area contributed by atoms with Crippen molar-refractivity contribution in [3.05, 3.63) is 36.1 Å². The van der Waals surface area contributed by atoms with Crippen LogP contribution < -0.4 is 0 Å². The second-order valence-corrected chi connectivity index (χ2v) is 4.44. The van der Waals surface area contributed by atoms with Gasteiger partial charge in [-0.2, -0.15) is 5.26 Å². The lowest BCUT2D eigenvalue weighted by molar-refractivity contribution is 0.472. The van der Waals surface area contributed by atoms with Crippen molar-refractivity contribution < 1.29 is 4.42 Å². The van der Waals surface area contributed by atoms with Gasteiger partial charge in [0, 0.05) is 5.39 Å². The standard InChI is InChI=1S/C14H15NO/c1-10(2)11(8-15)7-12-9-16-14-6-4-3-5-13(12)14/h3-6,9-11H,7H2,1-2H3. The summed E-state index contributed by atoms with van der Waals surface area (Å²) in [5, 5.41) is 10.2. The Bertz CT molecular complexity index is 519. The van der Waals surface area contributed by atoms with Gasteiger partial charge in [-0.1, -0.05) is 32.0 Å². The van der Waals surface area contributed by atoms with Crippen LogP contribution in [0.5, 0.6) is 0 Å². The Balaban J connectivity index is 2.31. The average molecular weight is 213 g/mol. The molecular formula is C14H15NO. The lowest BCUT2D eigenvalue weighted by atomic mass is 9.90. The zero-order valence-corrected chi connectivity index (χ0v) is 9.60. The molecule has 0 amide bonds. The highest BCUT2D eigenvalue weighted by Crippen LogP contribution is 2.25. The van der Waals surface area contributed by atoms with Gasteiger partial charge in [0.1, 0.15) is 5.58 Å². The molecule has 2 nitrogen and oxygen atoms in total. The van der Waals surface area contributed by atoms with Crippen molar-refractivity contribution in [1.82, 2.24) is 0 Å². The molecule has 1 aromatic heterocycles. The Labute approximate surface area is 95.5 Å². The Hall–Kier alpha value is -1.75. The summed E-state index contributed by atoms with van der Waals surface area (Å²) in [5.41, 5.74) is 2.04. The van der Waals surface area contributed by atoms with Gasteiger partial charge in [0.05, 0.1) is 18.3 Å². The SMILES string of the molecule is CC(C)C(C#N)Cc1coc2ccccc12. The summed E-state index contributed by atoms with van der Waals surface area (Å²) in [6.45, 7) is 4.16. The molecule has 0 bridgehead atoms. The van der Waals surface area contributed by atoms with E-state index in [-0.39, 0.29) is 5.92 Å². The minimum absolute atomic E-state index is 0.0565. The van der Waals surface area contributed by atoms with Crippen molar-refractivity contribution in [2.24, 2.45) is 11.8 Å². The predicted octanol–water partition coefficient (Wildman–Crippen LogP) is 3.77. The molecule has 0 aliphatic rings. The van der Waals surface area contributed by atoms with Gasteiger partial charge in [-0.3, -0.25) is 0 Å². The quantitative estimate of drug-likeness (QED) is 0.778. The van der Waals surface area contributed by atoms with Gasteiger partial charge < -0.3 is 4.42 Å². The topological polar surface area (TPSA) is 36.9 Å². The van der Waals surface area contributed by atoms with E-state index in [4.69, 9.17) is 9.68 Å². The zero-order valence-electron chi connectivity index (χ0n) is 9.60. The molecule has 0 fully saturated rings. The molecule has 0 saturated heterocycles. The van der Waals surface area contributed by atoms with Crippen LogP contribution in [0.15, 0.2) is 34.9 Å². The predicted molar refractivity (Wildman–Crippen MR) is 63.9 cm³/mol. The fourth-order valence-electron chi connectivity index (χ4n) is 1.86. The van der Waals surface area contributed by atoms with Gasteiger partial charge in [-0.25, -0.2) is 0 Å². The van der Waals surface area contributed by atoms with Crippen molar-refractivity contribution in [2.75, 3.05) is 0 Å². The minimum Gasteiger partial charge on any atom is -0.464 e. The van der Waals surface area contributed by atoms with Crippen LogP contribution in [0.3, 0.4) is 0 Å². The molecule has 0 radical (unpaired) electrons. The van der Waals surface area contributed by atoms with Gasteiger partial charge in [0.15, 0.2) is 0 Å². The highest BCUT2D eigenvalue weighted by atomic mass is 16.3. The van der Waals surface area contributed by atoms with E-state index in [1.807, 2.05) is 24.3 Å². The van der Waals surface area contributed by atoms with Crippen molar-refractivity contribution in [3.63, 3.8) is 0 Å². The fraction of sp³-hybridized carbons (Fsp3) is 0.357. The first-order valence-corrected chi connectivity index (χ1v) is 5.57. The summed E-state index contributed by atoms with van der Waals surface area (Å²) in [6.07, 6.45) is 2.54. The van der Waals surface area contributed by atoms with E-state index in [9.17, 15) is 0 Å². The van der Waals surface area contributed by atoms with Gasteiger partial charge in [0.25, 0.3) is 0 Å². The average Bonchev–Trinajstić information content (AvgIpc) is 2.69. The fourth-order valence-corrected chi connectivity index (χ4v) is 1.86. The highest BCUT2D eigenvalue weighted by molar-refractivity contribution is 5.80. The van der Waals surface area contributed by atoms with E-state index >= 15 is 0 Å². The third-order valence-corrected chi connectivity index (χ3v) is 2.97. The summed E-state index contributed by atoms with van der Waals surface area (Å²) in [4.78, 5) is 0. The molecule has 0 aliphatic heterocycles. The highest BCUT2D eigenvalue weighted by Gasteiger charge is 2.15. The molecule has 1 aromatic carbocycles. The van der Waals surface area contributed by atoms with Crippen LogP contribution in [0.25, 0.3) is 11.0 Å². The zero-order chi connectivity index (χ0) is 11.5. The van der Waals surface area contributed by atoms with E-state index < -0.39 is 0 Å². The monoisotopic (exact) mass is 213 g/mol. The van der Waals surface area contributed by atoms with Crippen LogP contribution in [-0.4, -0.2) is 0 Å². The number of nitriles is 1. The first-order valence-electron chi connectivity index (χ1n) is 5.57. The molecule has 0 N–H and O–H groups in total. The molecule has 1 heterocycles. The normalized spacial score (nSPS) is 12.9. The van der Waals surface area contributed by atoms with Gasteiger partial charge in [-0.05, 0) is 24.0 Å². The molecule has 0 spiro atoms. The third kappa shape index (κ3) is 1.94. The second-order valence-electron chi connectivity index (χ2n) is 4.44. The van der Waals surface area contributed by atoms with Crippen molar-refractivity contribution in [1.29, 1.82) is 5.26 Å². The number of hydrogen-bond acceptors (Lipinski definition) is 2. The van der Waals surface area contributed by atoms with Crippen LogP contribution in [0.4, 0.5) is 0 Å². The lowest BCUT2D eigenvalue weighted by Gasteiger charge is -2.11. The first-order chi connectivity index (χ1) is 7.72. The Kier molecular flexibility index (Phi) is 2.96. The van der Waals surface area contributed by atoms with E-state index in [1.54, 1.807) is 6.26 Å². The summed E-state index contributed by atoms with van der Waals surface area (Å²) >= 11 is 0. The Morgan fingerprint density at radius 3 is 2.75 bits per heavy atom. The number of rotatable bonds is 3. The Morgan fingerprint density at radius 2 is 2.06 bits per heavy atom. The molecule has 2 heteroatoms. The number of benzene rings is 1. The number of fused-ring (bicyclic) bond motifs is 1. The molecule has 82 valence electrons. The first kappa shape index (κ1) is 10.8. The van der Waals surface area contributed by atoms with Crippen LogP contribution >= 0.6 is 0 Å². The summed E-state index contributed by atoms with van der Waals surface area (Å²) < 4.78 is 5.46. The van der Waals surface area contributed by atoms with Crippen LogP contribution in [0.1, 0.15) is 19.4 Å². The molecule has 0 aliphatic carbocycles. The van der Waals surface area contributed by atoms with E-state index in [0.29, 0.717) is 5.92 Å². The third-order valence-electron chi connectivity index (χ3n) is 2.97. The molecule has 1 atom stereocenters. The maximum Gasteiger partial charge on any atom is 0.134 e. The van der Waals surface area contributed by atoms with E-state index in [0.717, 1.165) is 23.0 Å². The summed E-state index contributed by atoms with van der Waals surface area (Å²) in [5.74, 6) is 0.430. The number of furan rings is 1. The molecule has 16 heavy (non-hydrogen) atoms. The minimum atomic E-state index is 0.0565. The molecular weight excluding hydrogens is 198 g/mol.